The Morgan fingerprint density at radius 3 is 1.63 bits per heavy atom. The maximum Gasteiger partial charge on any atom is 0.242 e. The van der Waals surface area contributed by atoms with Crippen molar-refractivity contribution in [3.8, 4) is 12.3 Å². The lowest BCUT2D eigenvalue weighted by Gasteiger charge is -2.20. The van der Waals surface area contributed by atoms with Gasteiger partial charge in [0.05, 0.1) is 11.5 Å². The largest absolute Gasteiger partial charge is 0.380 e. The van der Waals surface area contributed by atoms with Gasteiger partial charge in [0.15, 0.2) is 20.9 Å². The lowest BCUT2D eigenvalue weighted by atomic mass is 10.1. The zero-order valence-corrected chi connectivity index (χ0v) is 21.7. The number of rotatable bonds is 3. The maximum absolute atomic E-state index is 11.0. The monoisotopic (exact) mass is 509 g/mol. The molecule has 208 valence electrons. The Morgan fingerprint density at radius 2 is 1.43 bits per heavy atom. The van der Waals surface area contributed by atoms with Crippen molar-refractivity contribution >= 4 is 6.72 Å². The van der Waals surface area contributed by atoms with Gasteiger partial charge in [-0.25, -0.2) is 13.6 Å². The van der Waals surface area contributed by atoms with Crippen LogP contribution in [0.5, 0.6) is 0 Å². The Kier molecular flexibility index (Phi) is 44.0. The van der Waals surface area contributed by atoms with Gasteiger partial charge in [-0.3, -0.25) is 5.21 Å². The molecule has 0 aliphatic carbocycles. The molecule has 0 saturated carbocycles. The summed E-state index contributed by atoms with van der Waals surface area (Å²) in [6.07, 6.45) is 8.87. The molecule has 1 fully saturated rings. The number of likely N-dealkylation sites (tertiary alicyclic amines) is 1. The zero-order valence-electron chi connectivity index (χ0n) is 21.7. The van der Waals surface area contributed by atoms with Gasteiger partial charge in [0.2, 0.25) is 17.9 Å². The van der Waals surface area contributed by atoms with Crippen LogP contribution in [0.4, 0.5) is 8.78 Å². The second-order valence-electron chi connectivity index (χ2n) is 7.18. The van der Waals surface area contributed by atoms with Crippen LogP contribution in [0.3, 0.4) is 0 Å². The Bertz CT molecular complexity index is 589. The highest BCUT2D eigenvalue weighted by molar-refractivity contribution is 5.13. The number of nitrogens with zero attached hydrogens (tertiary/aromatic N) is 3. The van der Waals surface area contributed by atoms with Crippen LogP contribution >= 0.6 is 0 Å². The molecule has 2 rings (SSSR count). The number of piperidine rings is 1. The summed E-state index contributed by atoms with van der Waals surface area (Å²) in [6, 6.07) is 10.1. The van der Waals surface area contributed by atoms with Crippen LogP contribution in [-0.4, -0.2) is 80.9 Å². The third-order valence-electron chi connectivity index (χ3n) is 2.99. The van der Waals surface area contributed by atoms with E-state index in [0.717, 1.165) is 18.6 Å². The zero-order chi connectivity index (χ0) is 26.7. The van der Waals surface area contributed by atoms with Crippen LogP contribution in [0.15, 0.2) is 30.3 Å². The van der Waals surface area contributed by atoms with Crippen molar-refractivity contribution in [1.82, 2.24) is 4.90 Å². The van der Waals surface area contributed by atoms with Crippen LogP contribution in [0.1, 0.15) is 60.5 Å². The molecule has 0 amide bonds. The number of ether oxygens (including phenoxy) is 1. The lowest BCUT2D eigenvalue weighted by Crippen LogP contribution is -2.24. The first-order chi connectivity index (χ1) is 15.2. The van der Waals surface area contributed by atoms with Crippen LogP contribution in [0, 0.1) is 17.3 Å². The Balaban J connectivity index is -0.0000000741. The van der Waals surface area contributed by atoms with E-state index in [4.69, 9.17) is 9.94 Å². The molecule has 0 aromatic heterocycles. The molecule has 9 heteroatoms. The minimum Gasteiger partial charge on any atom is -0.380 e. The minimum atomic E-state index is -2.50. The molecule has 1 aromatic carbocycles. The molecule has 1 aliphatic rings. The summed E-state index contributed by atoms with van der Waals surface area (Å²) < 4.78 is 27.7. The SMILES string of the molecule is C.C.C#CC.C=[N+](C)O.CC(C)(F)F.CN1CCCCC1.COCc1ccccc1.CO[N+](C)=O. The van der Waals surface area contributed by atoms with Gasteiger partial charge in [0.1, 0.15) is 0 Å². The predicted molar refractivity (Wildman–Crippen MR) is 144 cm³/mol. The summed E-state index contributed by atoms with van der Waals surface area (Å²) in [5, 5.41) is 7.78. The lowest BCUT2D eigenvalue weighted by molar-refractivity contribution is -0.776. The number of alkyl halides is 2. The average molecular weight is 510 g/mol. The summed E-state index contributed by atoms with van der Waals surface area (Å²) in [5.41, 5.74) is 1.22. The van der Waals surface area contributed by atoms with Gasteiger partial charge in [0, 0.05) is 7.11 Å². The maximum atomic E-state index is 11.0. The molecule has 0 bridgehead atoms. The van der Waals surface area contributed by atoms with Gasteiger partial charge >= 0.3 is 0 Å². The van der Waals surface area contributed by atoms with Crippen LogP contribution in [0.25, 0.3) is 0 Å². The molecule has 0 unspecified atom stereocenters. The van der Waals surface area contributed by atoms with E-state index in [9.17, 15) is 13.7 Å². The molecular weight excluding hydrogens is 456 g/mol. The van der Waals surface area contributed by atoms with E-state index in [1.54, 1.807) is 14.0 Å². The fourth-order valence-electron chi connectivity index (χ4n) is 1.79. The summed E-state index contributed by atoms with van der Waals surface area (Å²) in [5.74, 6) is -0.250. The molecule has 35 heavy (non-hydrogen) atoms. The summed E-state index contributed by atoms with van der Waals surface area (Å²) in [6.45, 7) is 9.74. The van der Waals surface area contributed by atoms with Gasteiger partial charge in [-0.2, -0.15) is 0 Å². The summed E-state index contributed by atoms with van der Waals surface area (Å²) in [7, 11) is 7.93. The van der Waals surface area contributed by atoms with Crippen molar-refractivity contribution in [3.05, 3.63) is 40.8 Å². The van der Waals surface area contributed by atoms with Crippen molar-refractivity contribution in [3.63, 3.8) is 0 Å². The van der Waals surface area contributed by atoms with Crippen molar-refractivity contribution in [2.24, 2.45) is 0 Å². The number of benzene rings is 1. The molecule has 1 N–H and O–H groups in total. The van der Waals surface area contributed by atoms with Gasteiger partial charge < -0.3 is 9.64 Å². The summed E-state index contributed by atoms with van der Waals surface area (Å²) in [4.78, 5) is 16.3. The third-order valence-corrected chi connectivity index (χ3v) is 2.99. The number of halogens is 2. The number of hydrogen-bond acceptors (Lipinski definition) is 5. The van der Waals surface area contributed by atoms with Crippen molar-refractivity contribution in [1.29, 1.82) is 0 Å². The van der Waals surface area contributed by atoms with Gasteiger partial charge in [-0.15, -0.1) is 12.3 Å². The number of hydroxylamine groups is 1. The highest BCUT2D eigenvalue weighted by Gasteiger charge is 2.08. The fraction of sp³-hybridized carbons (Fsp3) is 0.654. The standard InChI is InChI=1S/C8H10O.C6H13N.C3H6F2.C3H4.C2H6NO2.C2H6NO.2CH4/c1-9-7-8-5-3-2-4-6-8;1-7-5-3-2-4-6-7;1-3(2,4)5;1-3-2;1-3(4)5-2;1-3(2)4;;/h2-6H,7H2,1H3;2-6H2,1H3;1-2H3;1H,2H3;1-2H3;4H,1H2,2H3;2*1H4/q;;;;2*+1;;. The van der Waals surface area contributed by atoms with E-state index in [1.807, 2.05) is 30.3 Å². The molecule has 1 saturated heterocycles. The summed E-state index contributed by atoms with van der Waals surface area (Å²) >= 11 is 0. The number of methoxy groups -OCH3 is 1. The smallest absolute Gasteiger partial charge is 0.242 e. The molecular formula is C26H53F2N3O4+2. The average Bonchev–Trinajstić information content (AvgIpc) is 2.69. The van der Waals surface area contributed by atoms with E-state index >= 15 is 0 Å². The Hall–Kier alpha value is -2.57. The van der Waals surface area contributed by atoms with Crippen molar-refractivity contribution in [2.75, 3.05) is 48.5 Å². The second-order valence-corrected chi connectivity index (χ2v) is 7.18. The van der Waals surface area contributed by atoms with E-state index in [-0.39, 0.29) is 14.9 Å². The first-order valence-electron chi connectivity index (χ1n) is 10.4. The first-order valence-corrected chi connectivity index (χ1v) is 10.4. The van der Waals surface area contributed by atoms with E-state index < -0.39 is 5.92 Å². The van der Waals surface area contributed by atoms with E-state index in [1.165, 1.54) is 59.1 Å². The van der Waals surface area contributed by atoms with Crippen LogP contribution in [-0.2, 0) is 16.2 Å². The topological polar surface area (TPSA) is 65.0 Å². The predicted octanol–water partition coefficient (Wildman–Crippen LogP) is 6.18. The number of terminal acetylenes is 1. The van der Waals surface area contributed by atoms with E-state index in [2.05, 4.69) is 35.8 Å². The van der Waals surface area contributed by atoms with E-state index in [0.29, 0.717) is 11.5 Å². The molecule has 1 heterocycles. The minimum absolute atomic E-state index is 0. The van der Waals surface area contributed by atoms with Crippen LogP contribution in [0.2, 0.25) is 0 Å². The van der Waals surface area contributed by atoms with Gasteiger partial charge in [0.25, 0.3) is 0 Å². The van der Waals surface area contributed by atoms with Gasteiger partial charge in [-0.05, 0) is 64.1 Å². The van der Waals surface area contributed by atoms with Gasteiger partial charge in [-0.1, -0.05) is 51.6 Å². The molecule has 0 spiro atoms. The number of hydrogen-bond donors (Lipinski definition) is 1. The molecule has 0 radical (unpaired) electrons. The van der Waals surface area contributed by atoms with Crippen LogP contribution < -0.4 is 0 Å². The molecule has 1 aromatic rings. The molecule has 0 atom stereocenters. The second kappa shape index (κ2) is 33.6. The molecule has 7 nitrogen and oxygen atoms in total. The van der Waals surface area contributed by atoms with Crippen molar-refractivity contribution in [2.45, 2.75) is 67.4 Å². The highest BCUT2D eigenvalue weighted by atomic mass is 19.3. The fourth-order valence-corrected chi connectivity index (χ4v) is 1.79. The Labute approximate surface area is 214 Å². The highest BCUT2D eigenvalue weighted by Crippen LogP contribution is 2.06. The Morgan fingerprint density at radius 1 is 1.11 bits per heavy atom. The molecule has 1 aliphatic heterocycles. The normalized spacial score (nSPS) is 11.1. The first kappa shape index (κ1) is 45.9. The van der Waals surface area contributed by atoms with Crippen molar-refractivity contribution < 1.29 is 33.2 Å². The third kappa shape index (κ3) is 80.1. The quantitative estimate of drug-likeness (QED) is 0.173.